The lowest BCUT2D eigenvalue weighted by Crippen LogP contribution is -2.33. The molecule has 2 aromatic heterocycles. The molecular weight excluding hydrogens is 350 g/mol. The molecule has 0 aliphatic carbocycles. The molecule has 1 amide bonds. The van der Waals surface area contributed by atoms with Crippen molar-refractivity contribution < 1.29 is 9.53 Å². The number of hydrogen-bond acceptors (Lipinski definition) is 4. The first-order valence-corrected chi connectivity index (χ1v) is 9.91. The first-order valence-electron chi connectivity index (χ1n) is 8.15. The lowest BCUT2D eigenvalue weighted by molar-refractivity contribution is -0.134. The number of rotatable bonds is 7. The molecule has 0 fully saturated rings. The van der Waals surface area contributed by atoms with Crippen LogP contribution in [-0.2, 0) is 17.9 Å². The molecule has 0 saturated heterocycles. The van der Waals surface area contributed by atoms with Gasteiger partial charge in [0.15, 0.2) is 6.61 Å². The SMILES string of the molecule is Cc1cccc(C)c1OCC(=O)N(Cc1cccs1)Cc1cccs1. The van der Waals surface area contributed by atoms with Gasteiger partial charge in [-0.1, -0.05) is 30.3 Å². The maximum atomic E-state index is 12.8. The minimum absolute atomic E-state index is 0.00412. The smallest absolute Gasteiger partial charge is 0.261 e. The highest BCUT2D eigenvalue weighted by Crippen LogP contribution is 2.23. The standard InChI is InChI=1S/C20H21NO2S2/c1-15-6-3-7-16(2)20(15)23-14-19(22)21(12-17-8-4-10-24-17)13-18-9-5-11-25-18/h3-11H,12-14H2,1-2H3. The number of para-hydroxylation sites is 1. The highest BCUT2D eigenvalue weighted by Gasteiger charge is 2.17. The molecule has 25 heavy (non-hydrogen) atoms. The van der Waals surface area contributed by atoms with Crippen molar-refractivity contribution in [3.8, 4) is 5.75 Å². The van der Waals surface area contributed by atoms with Crippen LogP contribution in [0.4, 0.5) is 0 Å². The Labute approximate surface area is 156 Å². The normalized spacial score (nSPS) is 10.6. The Morgan fingerprint density at radius 3 is 1.96 bits per heavy atom. The maximum Gasteiger partial charge on any atom is 0.261 e. The molecule has 0 unspecified atom stereocenters. The summed E-state index contributed by atoms with van der Waals surface area (Å²) in [5.74, 6) is 0.813. The summed E-state index contributed by atoms with van der Waals surface area (Å²) in [5, 5.41) is 4.08. The summed E-state index contributed by atoms with van der Waals surface area (Å²) in [6.07, 6.45) is 0. The van der Waals surface area contributed by atoms with E-state index < -0.39 is 0 Å². The van der Waals surface area contributed by atoms with Crippen molar-refractivity contribution in [2.24, 2.45) is 0 Å². The van der Waals surface area contributed by atoms with Gasteiger partial charge in [0.05, 0.1) is 13.1 Å². The van der Waals surface area contributed by atoms with Crippen LogP contribution in [0.5, 0.6) is 5.75 Å². The fourth-order valence-corrected chi connectivity index (χ4v) is 4.10. The van der Waals surface area contributed by atoms with E-state index in [-0.39, 0.29) is 12.5 Å². The molecule has 3 rings (SSSR count). The van der Waals surface area contributed by atoms with Gasteiger partial charge >= 0.3 is 0 Å². The molecule has 0 aliphatic rings. The number of ether oxygens (including phenoxy) is 1. The van der Waals surface area contributed by atoms with Crippen LogP contribution >= 0.6 is 22.7 Å². The van der Waals surface area contributed by atoms with Crippen LogP contribution in [-0.4, -0.2) is 17.4 Å². The molecule has 3 nitrogen and oxygen atoms in total. The summed E-state index contributed by atoms with van der Waals surface area (Å²) in [4.78, 5) is 17.0. The van der Waals surface area contributed by atoms with Gasteiger partial charge in [0.25, 0.3) is 5.91 Å². The Bertz CT molecular complexity index is 754. The molecule has 1 aromatic carbocycles. The molecule has 0 radical (unpaired) electrons. The van der Waals surface area contributed by atoms with E-state index in [9.17, 15) is 4.79 Å². The van der Waals surface area contributed by atoms with Crippen molar-refractivity contribution in [2.75, 3.05) is 6.61 Å². The third kappa shape index (κ3) is 4.71. The zero-order valence-corrected chi connectivity index (χ0v) is 16.0. The predicted octanol–water partition coefficient (Wildman–Crippen LogP) is 5.03. The number of carbonyl (C=O) groups is 1. The molecular formula is C20H21NO2S2. The molecule has 130 valence electrons. The Hall–Kier alpha value is -2.11. The van der Waals surface area contributed by atoms with Gasteiger partial charge in [0.1, 0.15) is 5.75 Å². The van der Waals surface area contributed by atoms with E-state index in [1.165, 1.54) is 9.75 Å². The van der Waals surface area contributed by atoms with E-state index in [0.29, 0.717) is 13.1 Å². The summed E-state index contributed by atoms with van der Waals surface area (Å²) in [6, 6.07) is 14.2. The lowest BCUT2D eigenvalue weighted by atomic mass is 10.1. The lowest BCUT2D eigenvalue weighted by Gasteiger charge is -2.22. The van der Waals surface area contributed by atoms with Gasteiger partial charge < -0.3 is 9.64 Å². The highest BCUT2D eigenvalue weighted by atomic mass is 32.1. The Kier molecular flexibility index (Phi) is 5.89. The molecule has 0 bridgehead atoms. The zero-order chi connectivity index (χ0) is 17.6. The van der Waals surface area contributed by atoms with Crippen LogP contribution in [0.25, 0.3) is 0 Å². The van der Waals surface area contributed by atoms with Crippen molar-refractivity contribution in [1.29, 1.82) is 0 Å². The average Bonchev–Trinajstić information content (AvgIpc) is 3.27. The quantitative estimate of drug-likeness (QED) is 0.583. The van der Waals surface area contributed by atoms with Gasteiger partial charge in [-0.25, -0.2) is 0 Å². The van der Waals surface area contributed by atoms with Gasteiger partial charge in [-0.05, 0) is 47.9 Å². The summed E-state index contributed by atoms with van der Waals surface area (Å²) >= 11 is 3.34. The summed E-state index contributed by atoms with van der Waals surface area (Å²) in [7, 11) is 0. The largest absolute Gasteiger partial charge is 0.483 e. The van der Waals surface area contributed by atoms with E-state index >= 15 is 0 Å². The number of hydrogen-bond donors (Lipinski definition) is 0. The van der Waals surface area contributed by atoms with Crippen LogP contribution < -0.4 is 4.74 Å². The topological polar surface area (TPSA) is 29.5 Å². The second-order valence-corrected chi connectivity index (χ2v) is 7.98. The van der Waals surface area contributed by atoms with E-state index in [4.69, 9.17) is 4.74 Å². The van der Waals surface area contributed by atoms with E-state index in [2.05, 4.69) is 12.1 Å². The zero-order valence-electron chi connectivity index (χ0n) is 14.4. The fourth-order valence-electron chi connectivity index (χ4n) is 2.67. The Morgan fingerprint density at radius 1 is 0.920 bits per heavy atom. The molecule has 0 aliphatic heterocycles. The van der Waals surface area contributed by atoms with Crippen LogP contribution in [0.3, 0.4) is 0 Å². The van der Waals surface area contributed by atoms with Gasteiger partial charge in [0, 0.05) is 9.75 Å². The molecule has 5 heteroatoms. The number of amides is 1. The predicted molar refractivity (Wildman–Crippen MR) is 104 cm³/mol. The maximum absolute atomic E-state index is 12.8. The van der Waals surface area contributed by atoms with Crippen molar-refractivity contribution >= 4 is 28.6 Å². The molecule has 3 aromatic rings. The van der Waals surface area contributed by atoms with Gasteiger partial charge in [-0.15, -0.1) is 22.7 Å². The number of aryl methyl sites for hydroxylation is 2. The fraction of sp³-hybridized carbons (Fsp3) is 0.250. The minimum atomic E-state index is 0.00412. The second-order valence-electron chi connectivity index (χ2n) is 5.92. The second kappa shape index (κ2) is 8.32. The summed E-state index contributed by atoms with van der Waals surface area (Å²) in [5.41, 5.74) is 2.10. The van der Waals surface area contributed by atoms with Gasteiger partial charge in [-0.2, -0.15) is 0 Å². The van der Waals surface area contributed by atoms with Crippen molar-refractivity contribution in [1.82, 2.24) is 4.90 Å². The Balaban J connectivity index is 1.69. The van der Waals surface area contributed by atoms with Crippen LogP contribution in [0.2, 0.25) is 0 Å². The number of carbonyl (C=O) groups excluding carboxylic acids is 1. The van der Waals surface area contributed by atoms with E-state index in [1.807, 2.05) is 59.8 Å². The third-order valence-corrected chi connectivity index (χ3v) is 5.68. The summed E-state index contributed by atoms with van der Waals surface area (Å²) < 4.78 is 5.86. The van der Waals surface area contributed by atoms with Crippen molar-refractivity contribution in [2.45, 2.75) is 26.9 Å². The van der Waals surface area contributed by atoms with Gasteiger partial charge in [-0.3, -0.25) is 4.79 Å². The summed E-state index contributed by atoms with van der Waals surface area (Å²) in [6.45, 7) is 5.29. The molecule has 0 saturated carbocycles. The van der Waals surface area contributed by atoms with Crippen LogP contribution in [0.15, 0.2) is 53.2 Å². The van der Waals surface area contributed by atoms with Crippen molar-refractivity contribution in [3.63, 3.8) is 0 Å². The van der Waals surface area contributed by atoms with E-state index in [0.717, 1.165) is 16.9 Å². The third-order valence-electron chi connectivity index (χ3n) is 3.96. The minimum Gasteiger partial charge on any atom is -0.483 e. The van der Waals surface area contributed by atoms with Crippen LogP contribution in [0.1, 0.15) is 20.9 Å². The number of thiophene rings is 2. The van der Waals surface area contributed by atoms with Crippen LogP contribution in [0, 0.1) is 13.8 Å². The van der Waals surface area contributed by atoms with E-state index in [1.54, 1.807) is 22.7 Å². The first-order chi connectivity index (χ1) is 12.1. The molecule has 2 heterocycles. The van der Waals surface area contributed by atoms with Gasteiger partial charge in [0.2, 0.25) is 0 Å². The number of benzene rings is 1. The molecule has 0 N–H and O–H groups in total. The highest BCUT2D eigenvalue weighted by molar-refractivity contribution is 7.10. The Morgan fingerprint density at radius 2 is 1.48 bits per heavy atom. The van der Waals surface area contributed by atoms with Crippen molar-refractivity contribution in [3.05, 3.63) is 74.1 Å². The molecule has 0 atom stereocenters. The monoisotopic (exact) mass is 371 g/mol. The molecule has 0 spiro atoms. The number of nitrogens with zero attached hydrogens (tertiary/aromatic N) is 1. The average molecular weight is 372 g/mol. The first kappa shape index (κ1) is 17.7.